The van der Waals surface area contributed by atoms with Crippen molar-refractivity contribution in [1.82, 2.24) is 9.38 Å². The number of benzene rings is 2. The summed E-state index contributed by atoms with van der Waals surface area (Å²) < 4.78 is 2.03. The molecular weight excluding hydrogens is 382 g/mol. The van der Waals surface area contributed by atoms with Gasteiger partial charge in [0.25, 0.3) is 5.91 Å². The molecule has 0 atom stereocenters. The van der Waals surface area contributed by atoms with Crippen molar-refractivity contribution in [3.8, 4) is 11.3 Å². The lowest BCUT2D eigenvalue weighted by atomic mass is 10.0. The predicted octanol–water partition coefficient (Wildman–Crippen LogP) is 6.68. The average molecular weight is 412 g/mol. The van der Waals surface area contributed by atoms with Crippen molar-refractivity contribution in [1.29, 1.82) is 0 Å². The number of amides is 1. The molecule has 4 heteroatoms. The maximum Gasteiger partial charge on any atom is 0.255 e. The molecule has 0 unspecified atom stereocenters. The van der Waals surface area contributed by atoms with Gasteiger partial charge in [0.15, 0.2) is 0 Å². The van der Waals surface area contributed by atoms with Gasteiger partial charge in [-0.1, -0.05) is 56.5 Å². The van der Waals surface area contributed by atoms with Crippen molar-refractivity contribution < 1.29 is 4.79 Å². The molecule has 0 radical (unpaired) electrons. The van der Waals surface area contributed by atoms with Crippen LogP contribution in [0, 0.1) is 6.92 Å². The van der Waals surface area contributed by atoms with Crippen molar-refractivity contribution in [2.75, 3.05) is 5.32 Å². The van der Waals surface area contributed by atoms with Gasteiger partial charge in [-0.25, -0.2) is 4.98 Å². The number of nitrogens with one attached hydrogen (secondary N) is 1. The number of unbranched alkanes of at least 4 members (excludes halogenated alkanes) is 3. The largest absolute Gasteiger partial charge is 0.322 e. The summed E-state index contributed by atoms with van der Waals surface area (Å²) in [4.78, 5) is 17.4. The number of rotatable bonds is 8. The lowest BCUT2D eigenvalue weighted by Crippen LogP contribution is -2.11. The number of imidazole rings is 1. The first kappa shape index (κ1) is 20.9. The summed E-state index contributed by atoms with van der Waals surface area (Å²) in [5, 5.41) is 3.02. The van der Waals surface area contributed by atoms with Crippen molar-refractivity contribution in [2.24, 2.45) is 0 Å². The van der Waals surface area contributed by atoms with Crippen LogP contribution in [-0.2, 0) is 6.42 Å². The van der Waals surface area contributed by atoms with Crippen molar-refractivity contribution in [3.05, 3.63) is 89.7 Å². The summed E-state index contributed by atoms with van der Waals surface area (Å²) in [7, 11) is 0. The second-order valence-electron chi connectivity index (χ2n) is 8.14. The summed E-state index contributed by atoms with van der Waals surface area (Å²) in [6.45, 7) is 4.29. The number of fused-ring (bicyclic) bond motifs is 1. The van der Waals surface area contributed by atoms with Crippen LogP contribution in [0.25, 0.3) is 16.9 Å². The molecule has 2 heterocycles. The molecule has 2 aromatic carbocycles. The molecule has 0 aliphatic carbocycles. The smallest absolute Gasteiger partial charge is 0.255 e. The molecule has 0 aliphatic rings. The number of aromatic nitrogens is 2. The van der Waals surface area contributed by atoms with Crippen LogP contribution in [0.5, 0.6) is 0 Å². The molecule has 4 aromatic rings. The van der Waals surface area contributed by atoms with E-state index >= 15 is 0 Å². The number of hydrogen-bond acceptors (Lipinski definition) is 2. The maximum absolute atomic E-state index is 12.7. The molecule has 0 spiro atoms. The van der Waals surface area contributed by atoms with Crippen molar-refractivity contribution >= 4 is 17.2 Å². The highest BCUT2D eigenvalue weighted by molar-refractivity contribution is 6.04. The van der Waals surface area contributed by atoms with E-state index < -0.39 is 0 Å². The highest BCUT2D eigenvalue weighted by atomic mass is 16.1. The maximum atomic E-state index is 12.7. The second kappa shape index (κ2) is 9.61. The lowest BCUT2D eigenvalue weighted by Gasteiger charge is -2.08. The van der Waals surface area contributed by atoms with E-state index in [1.165, 1.54) is 36.8 Å². The highest BCUT2D eigenvalue weighted by Crippen LogP contribution is 2.23. The molecule has 0 saturated heterocycles. The Balaban J connectivity index is 1.44. The standard InChI is InChI=1S/C27H29N3O/c1-3-4-5-6-8-21-12-14-22(15-13-21)27(31)28-24-10-7-9-23(17-24)25-19-30-18-20(2)11-16-26(30)29-25/h7,9-19H,3-6,8H2,1-2H3,(H,28,31). The van der Waals surface area contributed by atoms with Gasteiger partial charge in [-0.05, 0) is 61.2 Å². The zero-order valence-electron chi connectivity index (χ0n) is 18.3. The van der Waals surface area contributed by atoms with Gasteiger partial charge >= 0.3 is 0 Å². The third kappa shape index (κ3) is 5.21. The van der Waals surface area contributed by atoms with Crippen LogP contribution in [-0.4, -0.2) is 15.3 Å². The van der Waals surface area contributed by atoms with Crippen LogP contribution in [0.3, 0.4) is 0 Å². The third-order valence-electron chi connectivity index (χ3n) is 5.55. The van der Waals surface area contributed by atoms with Gasteiger partial charge in [-0.15, -0.1) is 0 Å². The van der Waals surface area contributed by atoms with Crippen LogP contribution in [0.4, 0.5) is 5.69 Å². The Morgan fingerprint density at radius 3 is 2.61 bits per heavy atom. The van der Waals surface area contributed by atoms with Crippen LogP contribution < -0.4 is 5.32 Å². The van der Waals surface area contributed by atoms with E-state index in [1.807, 2.05) is 53.1 Å². The fraction of sp³-hybridized carbons (Fsp3) is 0.259. The van der Waals surface area contributed by atoms with Gasteiger partial charge in [-0.3, -0.25) is 4.79 Å². The molecule has 1 amide bonds. The molecule has 4 rings (SSSR count). The van der Waals surface area contributed by atoms with Gasteiger partial charge in [0.2, 0.25) is 0 Å². The van der Waals surface area contributed by atoms with Crippen LogP contribution >= 0.6 is 0 Å². The van der Waals surface area contributed by atoms with Crippen LogP contribution in [0.15, 0.2) is 73.1 Å². The number of nitrogens with zero attached hydrogens (tertiary/aromatic N) is 2. The van der Waals surface area contributed by atoms with E-state index in [9.17, 15) is 4.79 Å². The number of aryl methyl sites for hydroxylation is 2. The zero-order valence-corrected chi connectivity index (χ0v) is 18.3. The fourth-order valence-corrected chi connectivity index (χ4v) is 3.78. The van der Waals surface area contributed by atoms with Gasteiger partial charge < -0.3 is 9.72 Å². The summed E-state index contributed by atoms with van der Waals surface area (Å²) in [6, 6.07) is 19.9. The minimum Gasteiger partial charge on any atom is -0.322 e. The zero-order chi connectivity index (χ0) is 21.6. The molecule has 0 aliphatic heterocycles. The number of carbonyl (C=O) groups is 1. The monoisotopic (exact) mass is 411 g/mol. The first-order valence-corrected chi connectivity index (χ1v) is 11.1. The van der Waals surface area contributed by atoms with E-state index in [1.54, 1.807) is 0 Å². The highest BCUT2D eigenvalue weighted by Gasteiger charge is 2.09. The van der Waals surface area contributed by atoms with E-state index in [2.05, 4.69) is 43.6 Å². The average Bonchev–Trinajstić information content (AvgIpc) is 3.20. The van der Waals surface area contributed by atoms with Crippen molar-refractivity contribution in [3.63, 3.8) is 0 Å². The Hall–Kier alpha value is -3.40. The quantitative estimate of drug-likeness (QED) is 0.329. The van der Waals surface area contributed by atoms with Crippen LogP contribution in [0.1, 0.15) is 54.1 Å². The van der Waals surface area contributed by atoms with Gasteiger partial charge in [0.05, 0.1) is 5.69 Å². The molecular formula is C27H29N3O. The topological polar surface area (TPSA) is 46.4 Å². The van der Waals surface area contributed by atoms with Gasteiger partial charge in [-0.2, -0.15) is 0 Å². The number of hydrogen-bond donors (Lipinski definition) is 1. The van der Waals surface area contributed by atoms with E-state index in [0.29, 0.717) is 5.56 Å². The summed E-state index contributed by atoms with van der Waals surface area (Å²) in [5.41, 5.74) is 6.67. The van der Waals surface area contributed by atoms with Crippen molar-refractivity contribution in [2.45, 2.75) is 46.0 Å². The summed E-state index contributed by atoms with van der Waals surface area (Å²) >= 11 is 0. The Morgan fingerprint density at radius 2 is 1.81 bits per heavy atom. The Labute approximate surface area is 184 Å². The van der Waals surface area contributed by atoms with E-state index in [-0.39, 0.29) is 5.91 Å². The van der Waals surface area contributed by atoms with E-state index in [4.69, 9.17) is 4.98 Å². The number of pyridine rings is 1. The molecule has 0 saturated carbocycles. The minimum atomic E-state index is -0.0969. The molecule has 4 nitrogen and oxygen atoms in total. The number of carbonyl (C=O) groups excluding carboxylic acids is 1. The summed E-state index contributed by atoms with van der Waals surface area (Å²) in [6.07, 6.45) is 10.1. The van der Waals surface area contributed by atoms with E-state index in [0.717, 1.165) is 29.0 Å². The van der Waals surface area contributed by atoms with Gasteiger partial charge in [0, 0.05) is 29.2 Å². The lowest BCUT2D eigenvalue weighted by molar-refractivity contribution is 0.102. The summed E-state index contributed by atoms with van der Waals surface area (Å²) in [5.74, 6) is -0.0969. The molecule has 158 valence electrons. The predicted molar refractivity (Wildman–Crippen MR) is 128 cm³/mol. The first-order chi connectivity index (χ1) is 15.1. The molecule has 0 fully saturated rings. The minimum absolute atomic E-state index is 0.0969. The first-order valence-electron chi connectivity index (χ1n) is 11.1. The molecule has 1 N–H and O–H groups in total. The Kier molecular flexibility index (Phi) is 6.46. The normalized spacial score (nSPS) is 11.0. The second-order valence-corrected chi connectivity index (χ2v) is 8.14. The Morgan fingerprint density at radius 1 is 0.968 bits per heavy atom. The Bertz CT molecular complexity index is 1170. The molecule has 0 bridgehead atoms. The molecule has 2 aromatic heterocycles. The van der Waals surface area contributed by atoms with Crippen LogP contribution in [0.2, 0.25) is 0 Å². The fourth-order valence-electron chi connectivity index (χ4n) is 3.78. The SMILES string of the molecule is CCCCCCc1ccc(C(=O)Nc2cccc(-c3cn4cc(C)ccc4n3)c2)cc1. The third-order valence-corrected chi connectivity index (χ3v) is 5.55. The number of anilines is 1. The van der Waals surface area contributed by atoms with Gasteiger partial charge in [0.1, 0.15) is 5.65 Å². The molecule has 31 heavy (non-hydrogen) atoms.